The van der Waals surface area contributed by atoms with Gasteiger partial charge in [-0.1, -0.05) is 30.3 Å². The van der Waals surface area contributed by atoms with Gasteiger partial charge in [0, 0.05) is 76.6 Å². The minimum absolute atomic E-state index is 0.0459. The Labute approximate surface area is 271 Å². The summed E-state index contributed by atoms with van der Waals surface area (Å²) in [4.78, 5) is 48.7. The van der Waals surface area contributed by atoms with Crippen LogP contribution < -0.4 is 10.6 Å². The molecular formula is C35H48N6O5. The van der Waals surface area contributed by atoms with Gasteiger partial charge in [-0.3, -0.25) is 9.69 Å². The van der Waals surface area contributed by atoms with E-state index in [4.69, 9.17) is 4.74 Å². The van der Waals surface area contributed by atoms with Gasteiger partial charge in [-0.05, 0) is 74.3 Å². The molecule has 4 aliphatic heterocycles. The van der Waals surface area contributed by atoms with Crippen molar-refractivity contribution in [3.8, 4) is 5.75 Å². The van der Waals surface area contributed by atoms with Gasteiger partial charge in [0.1, 0.15) is 11.8 Å². The number of phenolic OH excluding ortho intramolecular Hbond substituents is 1. The first kappa shape index (κ1) is 32.1. The van der Waals surface area contributed by atoms with E-state index in [0.717, 1.165) is 73.5 Å². The van der Waals surface area contributed by atoms with Gasteiger partial charge in [-0.25, -0.2) is 9.59 Å². The number of carbonyl (C=O) groups is 3. The number of nitrogens with zero attached hydrogens (tertiary/aromatic N) is 4. The van der Waals surface area contributed by atoms with Crippen molar-refractivity contribution < 1.29 is 24.2 Å². The lowest BCUT2D eigenvalue weighted by molar-refractivity contribution is -0.135. The normalized spacial score (nSPS) is 22.1. The summed E-state index contributed by atoms with van der Waals surface area (Å²) in [6.45, 7) is 9.74. The zero-order valence-electron chi connectivity index (χ0n) is 27.2. The molecule has 0 saturated carbocycles. The summed E-state index contributed by atoms with van der Waals surface area (Å²) in [5.41, 5.74) is 4.40. The van der Waals surface area contributed by atoms with Crippen molar-refractivity contribution in [2.45, 2.75) is 70.5 Å². The molecular weight excluding hydrogens is 584 g/mol. The SMILES string of the molecule is Cc1cc(C[C@@H](NC(=O)N2CCC(N3CCc4ccccc4NC3=O)CC2)C(=O)N2CCN(C3CCCOC3)CC2)cc(C)c1O. The van der Waals surface area contributed by atoms with Crippen LogP contribution in [0, 0.1) is 13.8 Å². The van der Waals surface area contributed by atoms with E-state index in [1.165, 1.54) is 0 Å². The Morgan fingerprint density at radius 1 is 0.957 bits per heavy atom. The maximum absolute atomic E-state index is 14.0. The Morgan fingerprint density at radius 3 is 2.37 bits per heavy atom. The quantitative estimate of drug-likeness (QED) is 0.449. The van der Waals surface area contributed by atoms with Crippen LogP contribution in [0.5, 0.6) is 5.75 Å². The van der Waals surface area contributed by atoms with Crippen molar-refractivity contribution in [3.63, 3.8) is 0 Å². The van der Waals surface area contributed by atoms with Gasteiger partial charge in [-0.15, -0.1) is 0 Å². The summed E-state index contributed by atoms with van der Waals surface area (Å²) in [6, 6.07) is 11.1. The predicted molar refractivity (Wildman–Crippen MR) is 176 cm³/mol. The van der Waals surface area contributed by atoms with Crippen LogP contribution in [0.25, 0.3) is 0 Å². The molecule has 4 aliphatic rings. The number of aryl methyl sites for hydroxylation is 2. The fourth-order valence-electron chi connectivity index (χ4n) is 7.50. The van der Waals surface area contributed by atoms with E-state index in [2.05, 4.69) is 21.6 Å². The highest BCUT2D eigenvalue weighted by molar-refractivity contribution is 5.91. The van der Waals surface area contributed by atoms with Gasteiger partial charge in [-0.2, -0.15) is 0 Å². The van der Waals surface area contributed by atoms with Gasteiger partial charge >= 0.3 is 12.1 Å². The molecule has 248 valence electrons. The number of phenols is 1. The summed E-state index contributed by atoms with van der Waals surface area (Å²) in [7, 11) is 0. The molecule has 6 rings (SSSR count). The number of likely N-dealkylation sites (tertiary alicyclic amines) is 1. The minimum atomic E-state index is -0.729. The lowest BCUT2D eigenvalue weighted by atomic mass is 9.99. The van der Waals surface area contributed by atoms with Crippen molar-refractivity contribution >= 4 is 23.7 Å². The van der Waals surface area contributed by atoms with E-state index in [9.17, 15) is 19.5 Å². The highest BCUT2D eigenvalue weighted by Crippen LogP contribution is 2.26. The zero-order valence-corrected chi connectivity index (χ0v) is 27.2. The van der Waals surface area contributed by atoms with Crippen molar-refractivity contribution in [1.29, 1.82) is 0 Å². The van der Waals surface area contributed by atoms with E-state index in [0.29, 0.717) is 58.0 Å². The number of hydrogen-bond donors (Lipinski definition) is 3. The maximum atomic E-state index is 14.0. The largest absolute Gasteiger partial charge is 0.507 e. The molecule has 46 heavy (non-hydrogen) atoms. The molecule has 2 atom stereocenters. The first-order valence-corrected chi connectivity index (χ1v) is 16.9. The first-order valence-electron chi connectivity index (χ1n) is 16.9. The van der Waals surface area contributed by atoms with Crippen LogP contribution in [0.3, 0.4) is 0 Å². The molecule has 0 bridgehead atoms. The number of piperazine rings is 1. The Kier molecular flexibility index (Phi) is 9.98. The molecule has 2 aromatic carbocycles. The van der Waals surface area contributed by atoms with Gasteiger partial charge in [0.2, 0.25) is 5.91 Å². The number of amides is 5. The number of anilines is 1. The highest BCUT2D eigenvalue weighted by atomic mass is 16.5. The Morgan fingerprint density at radius 2 is 1.67 bits per heavy atom. The molecule has 0 aromatic heterocycles. The Bertz CT molecular complexity index is 1390. The molecule has 3 fully saturated rings. The maximum Gasteiger partial charge on any atom is 0.322 e. The molecule has 11 heteroatoms. The molecule has 1 unspecified atom stereocenters. The third kappa shape index (κ3) is 7.25. The standard InChI is InChI=1S/C35H48N6O5/c1-24-20-26(21-25(2)32(24)42)22-31(33(43)39-17-15-38(16-18-39)29-7-5-19-46-23-29)37-34(44)40-12-10-28(11-13-40)41-14-9-27-6-3-4-8-30(27)36-35(41)45/h3-4,6,8,20-21,28-29,31,42H,5,7,9-19,22-23H2,1-2H3,(H,36,45)(H,37,44)/t29?,31-/m1/s1. The average molecular weight is 633 g/mol. The monoisotopic (exact) mass is 632 g/mol. The topological polar surface area (TPSA) is 118 Å². The fraction of sp³-hybridized carbons (Fsp3) is 0.571. The van der Waals surface area contributed by atoms with E-state index in [1.807, 2.05) is 54.0 Å². The number of aromatic hydroxyl groups is 1. The van der Waals surface area contributed by atoms with Crippen LogP contribution in [0.15, 0.2) is 36.4 Å². The molecule has 11 nitrogen and oxygen atoms in total. The summed E-state index contributed by atoms with van der Waals surface area (Å²) in [6.07, 6.45) is 4.68. The summed E-state index contributed by atoms with van der Waals surface area (Å²) in [5.74, 6) is 0.176. The first-order chi connectivity index (χ1) is 22.3. The number of piperidine rings is 1. The summed E-state index contributed by atoms with van der Waals surface area (Å²) >= 11 is 0. The van der Waals surface area contributed by atoms with Crippen molar-refractivity contribution in [2.24, 2.45) is 0 Å². The average Bonchev–Trinajstić information content (AvgIpc) is 3.25. The van der Waals surface area contributed by atoms with Crippen molar-refractivity contribution in [3.05, 3.63) is 58.7 Å². The zero-order chi connectivity index (χ0) is 32.2. The Balaban J connectivity index is 1.09. The number of urea groups is 2. The summed E-state index contributed by atoms with van der Waals surface area (Å²) < 4.78 is 5.69. The number of rotatable bonds is 6. The second kappa shape index (κ2) is 14.3. The van der Waals surface area contributed by atoms with Crippen LogP contribution in [0.2, 0.25) is 0 Å². The number of benzene rings is 2. The van der Waals surface area contributed by atoms with E-state index >= 15 is 0 Å². The Hall–Kier alpha value is -3.83. The van der Waals surface area contributed by atoms with E-state index < -0.39 is 6.04 Å². The molecule has 3 N–H and O–H groups in total. The number of ether oxygens (including phenoxy) is 1. The lowest BCUT2D eigenvalue weighted by Crippen LogP contribution is -2.59. The summed E-state index contributed by atoms with van der Waals surface area (Å²) in [5, 5.41) is 16.5. The second-order valence-corrected chi connectivity index (χ2v) is 13.3. The number of hydrogen-bond acceptors (Lipinski definition) is 6. The molecule has 4 heterocycles. The van der Waals surface area contributed by atoms with Gasteiger partial charge in [0.15, 0.2) is 0 Å². The number of carbonyl (C=O) groups excluding carboxylic acids is 3. The number of para-hydroxylation sites is 1. The highest BCUT2D eigenvalue weighted by Gasteiger charge is 2.35. The molecule has 2 aromatic rings. The molecule has 5 amide bonds. The van der Waals surface area contributed by atoms with E-state index in [-0.39, 0.29) is 29.8 Å². The minimum Gasteiger partial charge on any atom is -0.507 e. The van der Waals surface area contributed by atoms with Crippen LogP contribution in [-0.4, -0.2) is 120 Å². The molecule has 0 aliphatic carbocycles. The molecule has 3 saturated heterocycles. The molecule has 0 radical (unpaired) electrons. The number of fused-ring (bicyclic) bond motifs is 1. The van der Waals surface area contributed by atoms with Gasteiger partial charge in [0.05, 0.1) is 6.61 Å². The third-order valence-corrected chi connectivity index (χ3v) is 10.2. The third-order valence-electron chi connectivity index (χ3n) is 10.2. The van der Waals surface area contributed by atoms with Gasteiger partial charge < -0.3 is 35.2 Å². The number of nitrogens with one attached hydrogen (secondary N) is 2. The lowest BCUT2D eigenvalue weighted by Gasteiger charge is -2.41. The second-order valence-electron chi connectivity index (χ2n) is 13.3. The van der Waals surface area contributed by atoms with Crippen LogP contribution in [-0.2, 0) is 22.4 Å². The van der Waals surface area contributed by atoms with Crippen LogP contribution in [0.4, 0.5) is 15.3 Å². The van der Waals surface area contributed by atoms with Crippen LogP contribution >= 0.6 is 0 Å². The van der Waals surface area contributed by atoms with Crippen molar-refractivity contribution in [2.75, 3.05) is 64.3 Å². The fourth-order valence-corrected chi connectivity index (χ4v) is 7.50. The predicted octanol–water partition coefficient (Wildman–Crippen LogP) is 3.51. The van der Waals surface area contributed by atoms with Crippen molar-refractivity contribution in [1.82, 2.24) is 24.9 Å². The van der Waals surface area contributed by atoms with E-state index in [1.54, 1.807) is 4.90 Å². The molecule has 0 spiro atoms. The smallest absolute Gasteiger partial charge is 0.322 e. The van der Waals surface area contributed by atoms with Crippen LogP contribution in [0.1, 0.15) is 47.9 Å². The van der Waals surface area contributed by atoms with Gasteiger partial charge in [0.25, 0.3) is 0 Å².